The SMILES string of the molecule is COC1CN(C2CCC(C(=O)[O-])CC2)C1.COC1CN(C2CCC(C(=O)[O-])CC2)C1.COC1CN(C2CCC(C(=O)[O-])CC2)C1.[Na+]. The molecule has 258 valence electrons. The zero-order valence-electron chi connectivity index (χ0n) is 28.4. The number of carbonyl (C=O) groups is 3. The van der Waals surface area contributed by atoms with Crippen LogP contribution in [0.15, 0.2) is 0 Å². The summed E-state index contributed by atoms with van der Waals surface area (Å²) in [5.74, 6) is -3.23. The Kier molecular flexibility index (Phi) is 16.7. The van der Waals surface area contributed by atoms with Crippen LogP contribution in [0.2, 0.25) is 0 Å². The van der Waals surface area contributed by atoms with E-state index in [1.165, 1.54) is 0 Å². The van der Waals surface area contributed by atoms with E-state index < -0.39 is 17.9 Å². The van der Waals surface area contributed by atoms with Crippen molar-refractivity contribution < 1.29 is 73.5 Å². The maximum Gasteiger partial charge on any atom is 1.00 e. The predicted octanol–water partition coefficient (Wildman–Crippen LogP) is -4.12. The molecule has 3 saturated carbocycles. The van der Waals surface area contributed by atoms with Gasteiger partial charge in [-0.15, -0.1) is 0 Å². The number of nitrogens with zero attached hydrogens (tertiary/aromatic N) is 3. The summed E-state index contributed by atoms with van der Waals surface area (Å²) < 4.78 is 15.7. The van der Waals surface area contributed by atoms with Crippen LogP contribution in [0.5, 0.6) is 0 Å². The standard InChI is InChI=1S/3C11H19NO3.Na/c3*1-15-10-6-12(7-10)9-4-2-8(3-5-9)11(13)14;/h3*8-10H,2-7H2,1H3,(H,13,14);/q;;;+1/p-3. The minimum Gasteiger partial charge on any atom is -0.550 e. The van der Waals surface area contributed by atoms with Crippen molar-refractivity contribution in [1.29, 1.82) is 0 Å². The number of carbonyl (C=O) groups excluding carboxylic acids is 3. The van der Waals surface area contributed by atoms with Crippen molar-refractivity contribution in [1.82, 2.24) is 14.7 Å². The molecule has 6 fully saturated rings. The molecule has 6 aliphatic rings. The van der Waals surface area contributed by atoms with Crippen molar-refractivity contribution in [2.24, 2.45) is 17.8 Å². The zero-order valence-corrected chi connectivity index (χ0v) is 30.4. The van der Waals surface area contributed by atoms with Gasteiger partial charge in [-0.2, -0.15) is 0 Å². The molecular weight excluding hydrogens is 605 g/mol. The molecule has 6 rings (SSSR count). The van der Waals surface area contributed by atoms with Crippen molar-refractivity contribution in [3.05, 3.63) is 0 Å². The van der Waals surface area contributed by atoms with E-state index in [1.54, 1.807) is 21.3 Å². The first-order valence-electron chi connectivity index (χ1n) is 17.0. The molecule has 3 saturated heterocycles. The van der Waals surface area contributed by atoms with E-state index in [-0.39, 0.29) is 47.3 Å². The fourth-order valence-electron chi connectivity index (χ4n) is 7.78. The van der Waals surface area contributed by atoms with Crippen LogP contribution in [0.1, 0.15) is 77.0 Å². The van der Waals surface area contributed by atoms with Gasteiger partial charge in [-0.25, -0.2) is 0 Å². The summed E-state index contributed by atoms with van der Waals surface area (Å²) in [4.78, 5) is 39.2. The van der Waals surface area contributed by atoms with Gasteiger partial charge in [-0.05, 0) is 94.8 Å². The molecule has 0 amide bonds. The molecule has 12 nitrogen and oxygen atoms in total. The van der Waals surface area contributed by atoms with Crippen LogP contribution in [0, 0.1) is 17.8 Å². The molecule has 0 spiro atoms. The van der Waals surface area contributed by atoms with Crippen LogP contribution in [-0.4, -0.2) is 130 Å². The minimum atomic E-state index is -0.869. The molecular formula is C33H54N3NaO9-2. The fourth-order valence-corrected chi connectivity index (χ4v) is 7.78. The van der Waals surface area contributed by atoms with Crippen molar-refractivity contribution in [3.63, 3.8) is 0 Å². The minimum absolute atomic E-state index is 0. The summed E-state index contributed by atoms with van der Waals surface area (Å²) in [7, 11) is 5.24. The average Bonchev–Trinajstić information content (AvgIpc) is 2.97. The molecule has 46 heavy (non-hydrogen) atoms. The van der Waals surface area contributed by atoms with E-state index in [0.717, 1.165) is 116 Å². The Hall–Kier alpha value is -0.830. The summed E-state index contributed by atoms with van der Waals surface area (Å²) in [5, 5.41) is 32.0. The van der Waals surface area contributed by atoms with Crippen molar-refractivity contribution in [2.75, 3.05) is 60.6 Å². The van der Waals surface area contributed by atoms with Crippen LogP contribution < -0.4 is 44.9 Å². The van der Waals surface area contributed by atoms with Gasteiger partial charge < -0.3 is 43.9 Å². The molecule has 3 aliphatic carbocycles. The second kappa shape index (κ2) is 19.4. The van der Waals surface area contributed by atoms with Gasteiger partial charge in [0.2, 0.25) is 0 Å². The summed E-state index contributed by atoms with van der Waals surface area (Å²) in [5.41, 5.74) is 0. The van der Waals surface area contributed by atoms with Crippen LogP contribution in [0.4, 0.5) is 0 Å². The van der Waals surface area contributed by atoms with E-state index in [9.17, 15) is 29.7 Å². The first-order valence-corrected chi connectivity index (χ1v) is 17.0. The summed E-state index contributed by atoms with van der Waals surface area (Å²) >= 11 is 0. The Labute approximate surface area is 296 Å². The van der Waals surface area contributed by atoms with Crippen LogP contribution in [0.25, 0.3) is 0 Å². The number of methoxy groups -OCH3 is 3. The van der Waals surface area contributed by atoms with Gasteiger partial charge in [0.1, 0.15) is 0 Å². The number of carboxylic acid groups (broad SMARTS) is 3. The maximum atomic E-state index is 10.7. The summed E-state index contributed by atoms with van der Waals surface area (Å²) in [6, 6.07) is 1.73. The average molecular weight is 660 g/mol. The number of rotatable bonds is 9. The van der Waals surface area contributed by atoms with Crippen LogP contribution in [0.3, 0.4) is 0 Å². The molecule has 0 aromatic carbocycles. The molecule has 0 bridgehead atoms. The number of hydrogen-bond donors (Lipinski definition) is 0. The summed E-state index contributed by atoms with van der Waals surface area (Å²) in [6.07, 6.45) is 11.8. The largest absolute Gasteiger partial charge is 1.00 e. The third-order valence-corrected chi connectivity index (χ3v) is 11.3. The van der Waals surface area contributed by atoms with Gasteiger partial charge in [0.15, 0.2) is 0 Å². The Bertz CT molecular complexity index is 816. The normalized spacial score (nSPS) is 32.9. The third-order valence-electron chi connectivity index (χ3n) is 11.3. The zero-order chi connectivity index (χ0) is 32.5. The first-order chi connectivity index (χ1) is 21.6. The third kappa shape index (κ3) is 11.1. The second-order valence-electron chi connectivity index (χ2n) is 13.9. The molecule has 0 radical (unpaired) electrons. The van der Waals surface area contributed by atoms with Gasteiger partial charge >= 0.3 is 29.6 Å². The monoisotopic (exact) mass is 659 g/mol. The Morgan fingerprint density at radius 1 is 0.435 bits per heavy atom. The smallest absolute Gasteiger partial charge is 0.550 e. The van der Waals surface area contributed by atoms with Gasteiger partial charge in [-0.1, -0.05) is 0 Å². The van der Waals surface area contributed by atoms with E-state index in [1.807, 2.05) is 0 Å². The summed E-state index contributed by atoms with van der Waals surface area (Å²) in [6.45, 7) is 6.07. The number of ether oxygens (including phenoxy) is 3. The Balaban J connectivity index is 0.000000186. The molecule has 0 unspecified atom stereocenters. The number of likely N-dealkylation sites (tertiary alicyclic amines) is 3. The number of aliphatic carboxylic acids is 3. The van der Waals surface area contributed by atoms with Gasteiger partial charge in [0.05, 0.1) is 18.3 Å². The van der Waals surface area contributed by atoms with Crippen molar-refractivity contribution in [2.45, 2.75) is 113 Å². The fraction of sp³-hybridized carbons (Fsp3) is 0.909. The maximum absolute atomic E-state index is 10.7. The van der Waals surface area contributed by atoms with Crippen molar-refractivity contribution >= 4 is 17.9 Å². The quantitative estimate of drug-likeness (QED) is 0.221. The number of carboxylic acids is 3. The molecule has 0 aromatic heterocycles. The van der Waals surface area contributed by atoms with E-state index >= 15 is 0 Å². The molecule has 3 heterocycles. The van der Waals surface area contributed by atoms with Crippen LogP contribution >= 0.6 is 0 Å². The molecule has 0 atom stereocenters. The molecule has 0 N–H and O–H groups in total. The molecule has 13 heteroatoms. The second-order valence-corrected chi connectivity index (χ2v) is 13.9. The Morgan fingerprint density at radius 3 is 0.783 bits per heavy atom. The first kappa shape index (κ1) is 39.6. The van der Waals surface area contributed by atoms with Gasteiger partial charge in [0, 0.05) is 96.6 Å². The molecule has 3 aliphatic heterocycles. The van der Waals surface area contributed by atoms with E-state index in [0.29, 0.717) is 36.4 Å². The van der Waals surface area contributed by atoms with E-state index in [2.05, 4.69) is 14.7 Å². The van der Waals surface area contributed by atoms with Crippen molar-refractivity contribution in [3.8, 4) is 0 Å². The predicted molar refractivity (Wildman–Crippen MR) is 159 cm³/mol. The Morgan fingerprint density at radius 2 is 0.630 bits per heavy atom. The van der Waals surface area contributed by atoms with E-state index in [4.69, 9.17) is 14.2 Å². The van der Waals surface area contributed by atoms with Crippen LogP contribution in [-0.2, 0) is 28.6 Å². The topological polar surface area (TPSA) is 158 Å². The molecule has 0 aromatic rings. The van der Waals surface area contributed by atoms with Gasteiger partial charge in [0.25, 0.3) is 0 Å². The van der Waals surface area contributed by atoms with Gasteiger partial charge in [-0.3, -0.25) is 14.7 Å². The number of hydrogen-bond acceptors (Lipinski definition) is 12.